The molecule has 0 atom stereocenters. The van der Waals surface area contributed by atoms with Crippen LogP contribution >= 0.6 is 11.8 Å². The average Bonchev–Trinajstić information content (AvgIpc) is 2.51. The number of carbonyl (C=O) groups is 1. The molecule has 0 unspecified atom stereocenters. The first-order valence-electron chi connectivity index (χ1n) is 7.00. The SMILES string of the molecule is CSCCC(=O)c1ccc(OCc2ccccc2)cc1C. The summed E-state index contributed by atoms with van der Waals surface area (Å²) in [5, 5.41) is 0. The van der Waals surface area contributed by atoms with Crippen LogP contribution in [0.4, 0.5) is 0 Å². The van der Waals surface area contributed by atoms with Gasteiger partial charge in [0.05, 0.1) is 0 Å². The summed E-state index contributed by atoms with van der Waals surface area (Å²) in [5.41, 5.74) is 2.91. The van der Waals surface area contributed by atoms with Crippen LogP contribution < -0.4 is 4.74 Å². The lowest BCUT2D eigenvalue weighted by molar-refractivity contribution is 0.0989. The van der Waals surface area contributed by atoms with E-state index in [4.69, 9.17) is 4.74 Å². The van der Waals surface area contributed by atoms with Crippen molar-refractivity contribution in [2.45, 2.75) is 20.0 Å². The molecule has 0 saturated carbocycles. The van der Waals surface area contributed by atoms with E-state index in [0.29, 0.717) is 13.0 Å². The minimum absolute atomic E-state index is 0.205. The Bertz CT molecular complexity index is 593. The highest BCUT2D eigenvalue weighted by atomic mass is 32.2. The highest BCUT2D eigenvalue weighted by Crippen LogP contribution is 2.20. The zero-order chi connectivity index (χ0) is 15.1. The third kappa shape index (κ3) is 4.64. The van der Waals surface area contributed by atoms with Crippen LogP contribution in [0.2, 0.25) is 0 Å². The number of hydrogen-bond donors (Lipinski definition) is 0. The Balaban J connectivity index is 2.00. The molecule has 0 fully saturated rings. The van der Waals surface area contributed by atoms with Gasteiger partial charge in [0, 0.05) is 17.7 Å². The van der Waals surface area contributed by atoms with Crippen LogP contribution in [0, 0.1) is 6.92 Å². The van der Waals surface area contributed by atoms with Gasteiger partial charge in [0.15, 0.2) is 5.78 Å². The van der Waals surface area contributed by atoms with Crippen LogP contribution in [-0.4, -0.2) is 17.8 Å². The molecule has 0 saturated heterocycles. The molecule has 21 heavy (non-hydrogen) atoms. The fourth-order valence-electron chi connectivity index (χ4n) is 2.11. The van der Waals surface area contributed by atoms with E-state index in [0.717, 1.165) is 28.2 Å². The summed E-state index contributed by atoms with van der Waals surface area (Å²) in [5.74, 6) is 1.87. The molecular weight excluding hydrogens is 280 g/mol. The highest BCUT2D eigenvalue weighted by molar-refractivity contribution is 7.98. The van der Waals surface area contributed by atoms with Crippen molar-refractivity contribution in [3.05, 3.63) is 65.2 Å². The molecule has 0 aliphatic carbocycles. The largest absolute Gasteiger partial charge is 0.489 e. The Morgan fingerprint density at radius 3 is 2.57 bits per heavy atom. The Labute approximate surface area is 130 Å². The van der Waals surface area contributed by atoms with Crippen LogP contribution in [0.15, 0.2) is 48.5 Å². The Morgan fingerprint density at radius 1 is 1.14 bits per heavy atom. The molecule has 2 rings (SSSR count). The van der Waals surface area contributed by atoms with E-state index in [1.807, 2.05) is 61.7 Å². The number of thioether (sulfide) groups is 1. The lowest BCUT2D eigenvalue weighted by atomic mass is 10.0. The van der Waals surface area contributed by atoms with Gasteiger partial charge in [-0.05, 0) is 42.5 Å². The molecule has 0 aliphatic heterocycles. The van der Waals surface area contributed by atoms with Gasteiger partial charge in [-0.1, -0.05) is 30.3 Å². The molecule has 0 amide bonds. The van der Waals surface area contributed by atoms with E-state index in [1.54, 1.807) is 11.8 Å². The summed E-state index contributed by atoms with van der Waals surface area (Å²) in [6.07, 6.45) is 2.60. The van der Waals surface area contributed by atoms with Crippen LogP contribution in [0.25, 0.3) is 0 Å². The molecule has 3 heteroatoms. The zero-order valence-corrected chi connectivity index (χ0v) is 13.3. The molecule has 0 heterocycles. The van der Waals surface area contributed by atoms with Crippen molar-refractivity contribution < 1.29 is 9.53 Å². The number of carbonyl (C=O) groups excluding carboxylic acids is 1. The topological polar surface area (TPSA) is 26.3 Å². The first-order chi connectivity index (χ1) is 10.2. The maximum absolute atomic E-state index is 12.1. The summed E-state index contributed by atoms with van der Waals surface area (Å²) in [4.78, 5) is 12.1. The maximum atomic E-state index is 12.1. The van der Waals surface area contributed by atoms with E-state index in [9.17, 15) is 4.79 Å². The molecule has 0 bridgehead atoms. The number of benzene rings is 2. The number of aryl methyl sites for hydroxylation is 1. The number of Topliss-reactive ketones (excluding diaryl/α,β-unsaturated/α-hetero) is 1. The smallest absolute Gasteiger partial charge is 0.163 e. The molecule has 2 aromatic rings. The van der Waals surface area contributed by atoms with Crippen molar-refractivity contribution in [2.75, 3.05) is 12.0 Å². The quantitative estimate of drug-likeness (QED) is 0.704. The van der Waals surface area contributed by atoms with Crippen molar-refractivity contribution in [3.63, 3.8) is 0 Å². The van der Waals surface area contributed by atoms with Crippen molar-refractivity contribution in [1.82, 2.24) is 0 Å². The van der Waals surface area contributed by atoms with E-state index in [2.05, 4.69) is 0 Å². The average molecular weight is 300 g/mol. The van der Waals surface area contributed by atoms with E-state index in [1.165, 1.54) is 0 Å². The van der Waals surface area contributed by atoms with E-state index >= 15 is 0 Å². The van der Waals surface area contributed by atoms with Gasteiger partial charge in [-0.25, -0.2) is 0 Å². The minimum Gasteiger partial charge on any atom is -0.489 e. The molecular formula is C18H20O2S. The lowest BCUT2D eigenvalue weighted by Gasteiger charge is -2.10. The summed E-state index contributed by atoms with van der Waals surface area (Å²) < 4.78 is 5.77. The third-order valence-electron chi connectivity index (χ3n) is 3.28. The second-order valence-corrected chi connectivity index (χ2v) is 5.90. The van der Waals surface area contributed by atoms with Crippen LogP contribution in [0.5, 0.6) is 5.75 Å². The molecule has 2 aromatic carbocycles. The van der Waals surface area contributed by atoms with Crippen molar-refractivity contribution in [2.24, 2.45) is 0 Å². The number of ether oxygens (including phenoxy) is 1. The molecule has 0 aromatic heterocycles. The van der Waals surface area contributed by atoms with Crippen LogP contribution in [-0.2, 0) is 6.61 Å². The molecule has 110 valence electrons. The van der Waals surface area contributed by atoms with Gasteiger partial charge in [0.25, 0.3) is 0 Å². The molecule has 2 nitrogen and oxygen atoms in total. The van der Waals surface area contributed by atoms with Crippen LogP contribution in [0.1, 0.15) is 27.9 Å². The summed E-state index contributed by atoms with van der Waals surface area (Å²) in [6.45, 7) is 2.50. The zero-order valence-electron chi connectivity index (χ0n) is 12.5. The standard InChI is InChI=1S/C18H20O2S/c1-14-12-16(20-13-15-6-4-3-5-7-15)8-9-17(14)18(19)10-11-21-2/h3-9,12H,10-11,13H2,1-2H3. The third-order valence-corrected chi connectivity index (χ3v) is 3.89. The summed E-state index contributed by atoms with van der Waals surface area (Å²) in [7, 11) is 0. The molecule has 0 radical (unpaired) electrons. The van der Waals surface area contributed by atoms with Gasteiger partial charge in [0.2, 0.25) is 0 Å². The summed E-state index contributed by atoms with van der Waals surface area (Å²) >= 11 is 1.69. The maximum Gasteiger partial charge on any atom is 0.163 e. The fourth-order valence-corrected chi connectivity index (χ4v) is 2.50. The van der Waals surface area contributed by atoms with Gasteiger partial charge in [-0.2, -0.15) is 11.8 Å². The van der Waals surface area contributed by atoms with Gasteiger partial charge < -0.3 is 4.74 Å². The lowest BCUT2D eigenvalue weighted by Crippen LogP contribution is -2.04. The van der Waals surface area contributed by atoms with Gasteiger partial charge in [-0.15, -0.1) is 0 Å². The Morgan fingerprint density at radius 2 is 1.90 bits per heavy atom. The van der Waals surface area contributed by atoms with E-state index < -0.39 is 0 Å². The van der Waals surface area contributed by atoms with Crippen molar-refractivity contribution in [3.8, 4) is 5.75 Å². The monoisotopic (exact) mass is 300 g/mol. The van der Waals surface area contributed by atoms with Crippen molar-refractivity contribution >= 4 is 17.5 Å². The first-order valence-corrected chi connectivity index (χ1v) is 8.39. The van der Waals surface area contributed by atoms with E-state index in [-0.39, 0.29) is 5.78 Å². The van der Waals surface area contributed by atoms with Gasteiger partial charge in [-0.3, -0.25) is 4.79 Å². The number of rotatable bonds is 7. The minimum atomic E-state index is 0.205. The fraction of sp³-hybridized carbons (Fsp3) is 0.278. The number of ketones is 1. The molecule has 0 aliphatic rings. The normalized spacial score (nSPS) is 10.4. The predicted molar refractivity (Wildman–Crippen MR) is 89.3 cm³/mol. The van der Waals surface area contributed by atoms with Gasteiger partial charge in [0.1, 0.15) is 12.4 Å². The summed E-state index contributed by atoms with van der Waals surface area (Å²) in [6, 6.07) is 15.7. The molecule has 0 spiro atoms. The Hall–Kier alpha value is -1.74. The van der Waals surface area contributed by atoms with Crippen LogP contribution in [0.3, 0.4) is 0 Å². The van der Waals surface area contributed by atoms with Crippen molar-refractivity contribution in [1.29, 1.82) is 0 Å². The Kier molecular flexibility index (Phi) is 5.88. The molecule has 0 N–H and O–H groups in total. The second-order valence-electron chi connectivity index (χ2n) is 4.92. The van der Waals surface area contributed by atoms with Gasteiger partial charge >= 0.3 is 0 Å². The number of hydrogen-bond acceptors (Lipinski definition) is 3. The first kappa shape index (κ1) is 15.6. The predicted octanol–water partition coefficient (Wildman–Crippen LogP) is 4.51. The highest BCUT2D eigenvalue weighted by Gasteiger charge is 2.09. The second kappa shape index (κ2) is 7.89.